The zero-order valence-corrected chi connectivity index (χ0v) is 13.3. The molecule has 1 heterocycles. The molecule has 0 fully saturated rings. The van der Waals surface area contributed by atoms with Gasteiger partial charge in [-0.25, -0.2) is 9.59 Å². The summed E-state index contributed by atoms with van der Waals surface area (Å²) in [7, 11) is 1.62. The van der Waals surface area contributed by atoms with E-state index in [0.29, 0.717) is 27.5 Å². The van der Waals surface area contributed by atoms with E-state index in [1.165, 1.54) is 4.57 Å². The maximum atomic E-state index is 12.1. The molecule has 118 valence electrons. The number of anilines is 2. The van der Waals surface area contributed by atoms with E-state index in [0.717, 1.165) is 5.56 Å². The van der Waals surface area contributed by atoms with E-state index in [4.69, 9.17) is 16.0 Å². The predicted molar refractivity (Wildman–Crippen MR) is 90.3 cm³/mol. The number of hydrogen-bond donors (Lipinski definition) is 2. The summed E-state index contributed by atoms with van der Waals surface area (Å²) >= 11 is 5.93. The van der Waals surface area contributed by atoms with Crippen molar-refractivity contribution in [3.63, 3.8) is 0 Å². The molecular weight excluding hydrogens is 318 g/mol. The van der Waals surface area contributed by atoms with E-state index >= 15 is 0 Å². The van der Waals surface area contributed by atoms with Gasteiger partial charge in [0.05, 0.1) is 5.52 Å². The van der Waals surface area contributed by atoms with Crippen LogP contribution in [-0.2, 0) is 7.05 Å². The lowest BCUT2D eigenvalue weighted by Gasteiger charge is -2.10. The number of amides is 2. The minimum absolute atomic E-state index is 0.409. The van der Waals surface area contributed by atoms with Crippen LogP contribution in [0.5, 0.6) is 0 Å². The number of carbonyl (C=O) groups is 1. The van der Waals surface area contributed by atoms with Crippen LogP contribution < -0.4 is 16.4 Å². The summed E-state index contributed by atoms with van der Waals surface area (Å²) in [6.45, 7) is 1.87. The smallest absolute Gasteiger partial charge is 0.408 e. The van der Waals surface area contributed by atoms with Gasteiger partial charge >= 0.3 is 11.8 Å². The molecule has 0 aliphatic heterocycles. The first-order chi connectivity index (χ1) is 10.9. The zero-order valence-electron chi connectivity index (χ0n) is 12.5. The van der Waals surface area contributed by atoms with Gasteiger partial charge in [0.1, 0.15) is 0 Å². The molecule has 6 nitrogen and oxygen atoms in total. The highest BCUT2D eigenvalue weighted by Gasteiger charge is 2.09. The summed E-state index contributed by atoms with van der Waals surface area (Å²) in [6.07, 6.45) is 0. The second-order valence-electron chi connectivity index (χ2n) is 5.15. The number of aryl methyl sites for hydroxylation is 2. The van der Waals surface area contributed by atoms with Gasteiger partial charge in [0.15, 0.2) is 5.58 Å². The third-order valence-corrected chi connectivity index (χ3v) is 3.73. The molecule has 0 unspecified atom stereocenters. The second kappa shape index (κ2) is 5.81. The van der Waals surface area contributed by atoms with Gasteiger partial charge < -0.3 is 15.1 Å². The number of halogens is 1. The average molecular weight is 332 g/mol. The SMILES string of the molecule is Cc1ccc(Cl)cc1NC(=O)Nc1ccc2c(c1)oc(=O)n2C. The third kappa shape index (κ3) is 3.07. The van der Waals surface area contributed by atoms with Crippen molar-refractivity contribution in [1.29, 1.82) is 0 Å². The van der Waals surface area contributed by atoms with E-state index in [2.05, 4.69) is 10.6 Å². The minimum atomic E-state index is -0.448. The number of nitrogens with one attached hydrogen (secondary N) is 2. The Bertz CT molecular complexity index is 959. The molecule has 0 spiro atoms. The molecule has 2 N–H and O–H groups in total. The van der Waals surface area contributed by atoms with Crippen molar-refractivity contribution in [2.75, 3.05) is 10.6 Å². The fraction of sp³-hybridized carbons (Fsp3) is 0.125. The number of hydrogen-bond acceptors (Lipinski definition) is 3. The molecule has 0 radical (unpaired) electrons. The summed E-state index contributed by atoms with van der Waals surface area (Å²) in [5.74, 6) is -0.448. The maximum absolute atomic E-state index is 12.1. The summed E-state index contributed by atoms with van der Waals surface area (Å²) in [5.41, 5.74) is 3.11. The lowest BCUT2D eigenvalue weighted by Crippen LogP contribution is -2.19. The van der Waals surface area contributed by atoms with Gasteiger partial charge in [-0.3, -0.25) is 4.57 Å². The number of benzene rings is 2. The van der Waals surface area contributed by atoms with Crippen LogP contribution in [-0.4, -0.2) is 10.6 Å². The molecule has 0 aliphatic carbocycles. The summed E-state index contributed by atoms with van der Waals surface area (Å²) < 4.78 is 6.49. The molecule has 0 saturated heterocycles. The number of urea groups is 1. The fourth-order valence-electron chi connectivity index (χ4n) is 2.23. The number of aromatic nitrogens is 1. The summed E-state index contributed by atoms with van der Waals surface area (Å²) in [5, 5.41) is 5.97. The first-order valence-corrected chi connectivity index (χ1v) is 7.25. The Morgan fingerprint density at radius 3 is 2.74 bits per heavy atom. The van der Waals surface area contributed by atoms with Crippen molar-refractivity contribution in [1.82, 2.24) is 4.57 Å². The van der Waals surface area contributed by atoms with Crippen molar-refractivity contribution in [2.45, 2.75) is 6.92 Å². The van der Waals surface area contributed by atoms with Crippen molar-refractivity contribution < 1.29 is 9.21 Å². The topological polar surface area (TPSA) is 76.3 Å². The number of nitrogens with zero attached hydrogens (tertiary/aromatic N) is 1. The van der Waals surface area contributed by atoms with Crippen LogP contribution >= 0.6 is 11.6 Å². The molecule has 0 bridgehead atoms. The largest absolute Gasteiger partial charge is 0.419 e. The fourth-order valence-corrected chi connectivity index (χ4v) is 2.40. The van der Waals surface area contributed by atoms with Crippen LogP contribution in [0.2, 0.25) is 5.02 Å². The molecule has 7 heteroatoms. The van der Waals surface area contributed by atoms with Gasteiger partial charge in [0.25, 0.3) is 0 Å². The predicted octanol–water partition coefficient (Wildman–Crippen LogP) is 3.74. The number of fused-ring (bicyclic) bond motifs is 1. The molecule has 1 aromatic heterocycles. The van der Waals surface area contributed by atoms with Crippen LogP contribution in [0.15, 0.2) is 45.6 Å². The summed E-state index contributed by atoms with van der Waals surface area (Å²) in [6, 6.07) is 9.85. The first-order valence-electron chi connectivity index (χ1n) is 6.88. The molecule has 23 heavy (non-hydrogen) atoms. The first kappa shape index (κ1) is 15.2. The molecule has 3 aromatic rings. The Morgan fingerprint density at radius 2 is 1.96 bits per heavy atom. The van der Waals surface area contributed by atoms with Crippen LogP contribution in [0.4, 0.5) is 16.2 Å². The monoisotopic (exact) mass is 331 g/mol. The molecule has 0 aliphatic rings. The minimum Gasteiger partial charge on any atom is -0.408 e. The highest BCUT2D eigenvalue weighted by molar-refractivity contribution is 6.31. The standard InChI is InChI=1S/C16H14ClN3O3/c1-9-3-4-10(17)7-12(9)19-15(21)18-11-5-6-13-14(8-11)23-16(22)20(13)2/h3-8H,1-2H3,(H2,18,19,21). The molecular formula is C16H14ClN3O3. The summed E-state index contributed by atoms with van der Waals surface area (Å²) in [4.78, 5) is 23.6. The Labute approximate surface area is 136 Å². The van der Waals surface area contributed by atoms with E-state index in [1.807, 2.05) is 13.0 Å². The molecule has 2 aromatic carbocycles. The highest BCUT2D eigenvalue weighted by Crippen LogP contribution is 2.21. The number of rotatable bonds is 2. The van der Waals surface area contributed by atoms with E-state index < -0.39 is 11.8 Å². The Kier molecular flexibility index (Phi) is 3.83. The van der Waals surface area contributed by atoms with Crippen molar-refractivity contribution in [3.8, 4) is 0 Å². The number of carbonyl (C=O) groups excluding carboxylic acids is 1. The van der Waals surface area contributed by atoms with E-state index in [9.17, 15) is 9.59 Å². The Hall–Kier alpha value is -2.73. The molecule has 3 rings (SSSR count). The number of oxazole rings is 1. The zero-order chi connectivity index (χ0) is 16.6. The van der Waals surface area contributed by atoms with Gasteiger partial charge in [0.2, 0.25) is 0 Å². The van der Waals surface area contributed by atoms with Crippen molar-refractivity contribution in [3.05, 3.63) is 57.5 Å². The normalized spacial score (nSPS) is 10.7. The Morgan fingerprint density at radius 1 is 1.17 bits per heavy atom. The highest BCUT2D eigenvalue weighted by atomic mass is 35.5. The van der Waals surface area contributed by atoms with E-state index in [-0.39, 0.29) is 0 Å². The molecule has 0 saturated carbocycles. The van der Waals surface area contributed by atoms with Gasteiger partial charge in [-0.15, -0.1) is 0 Å². The van der Waals surface area contributed by atoms with Crippen LogP contribution in [0, 0.1) is 6.92 Å². The van der Waals surface area contributed by atoms with Crippen LogP contribution in [0.25, 0.3) is 11.1 Å². The quantitative estimate of drug-likeness (QED) is 0.751. The van der Waals surface area contributed by atoms with Gasteiger partial charge in [-0.05, 0) is 36.8 Å². The van der Waals surface area contributed by atoms with Crippen LogP contribution in [0.3, 0.4) is 0 Å². The van der Waals surface area contributed by atoms with Crippen LogP contribution in [0.1, 0.15) is 5.56 Å². The maximum Gasteiger partial charge on any atom is 0.419 e. The molecule has 2 amide bonds. The lowest BCUT2D eigenvalue weighted by atomic mass is 10.2. The Balaban J connectivity index is 1.80. The van der Waals surface area contributed by atoms with Gasteiger partial charge in [-0.1, -0.05) is 17.7 Å². The molecule has 0 atom stereocenters. The second-order valence-corrected chi connectivity index (χ2v) is 5.58. The average Bonchev–Trinajstić information content (AvgIpc) is 2.77. The van der Waals surface area contributed by atoms with Crippen molar-refractivity contribution >= 4 is 40.1 Å². The van der Waals surface area contributed by atoms with Gasteiger partial charge in [0, 0.05) is 29.5 Å². The van der Waals surface area contributed by atoms with Gasteiger partial charge in [-0.2, -0.15) is 0 Å². The van der Waals surface area contributed by atoms with E-state index in [1.54, 1.807) is 37.4 Å². The van der Waals surface area contributed by atoms with Crippen molar-refractivity contribution in [2.24, 2.45) is 7.05 Å². The third-order valence-electron chi connectivity index (χ3n) is 3.50. The lowest BCUT2D eigenvalue weighted by molar-refractivity contribution is 0.262.